The first-order chi connectivity index (χ1) is 5.66. The van der Waals surface area contributed by atoms with Crippen LogP contribution in [-0.4, -0.2) is 45.3 Å². The molecule has 0 aliphatic carbocycles. The molecule has 0 radical (unpaired) electrons. The molecule has 0 aliphatic rings. The lowest BCUT2D eigenvalue weighted by molar-refractivity contribution is 0.171. The Morgan fingerprint density at radius 1 is 1.42 bits per heavy atom. The molecular formula is C8H18N2O2. The maximum Gasteiger partial charge on any atom is 0.406 e. The van der Waals surface area contributed by atoms with E-state index in [4.69, 9.17) is 0 Å². The highest BCUT2D eigenvalue weighted by Crippen LogP contribution is 1.88. The van der Waals surface area contributed by atoms with Crippen molar-refractivity contribution in [3.63, 3.8) is 0 Å². The second kappa shape index (κ2) is 6.91. The quantitative estimate of drug-likeness (QED) is 0.623. The van der Waals surface area contributed by atoms with Gasteiger partial charge in [0.25, 0.3) is 0 Å². The Balaban J connectivity index is 3.05. The Bertz CT molecular complexity index is 126. The average Bonchev–Trinajstić information content (AvgIpc) is 2.03. The van der Waals surface area contributed by atoms with E-state index in [0.717, 1.165) is 19.4 Å². The molecule has 0 bridgehead atoms. The Morgan fingerprint density at radius 3 is 2.58 bits per heavy atom. The van der Waals surface area contributed by atoms with Crippen LogP contribution in [0.25, 0.3) is 0 Å². The van der Waals surface area contributed by atoms with Gasteiger partial charge < -0.3 is 15.0 Å². The molecule has 0 unspecified atom stereocenters. The highest BCUT2D eigenvalue weighted by Gasteiger charge is 1.96. The number of carbonyl (C=O) groups is 1. The molecule has 0 atom stereocenters. The number of alkyl carbamates (subject to hydrolysis) is 1. The highest BCUT2D eigenvalue weighted by molar-refractivity contribution is 5.66. The summed E-state index contributed by atoms with van der Waals surface area (Å²) in [6.07, 6.45) is 1.74. The van der Waals surface area contributed by atoms with Gasteiger partial charge in [-0.1, -0.05) is 0 Å². The van der Waals surface area contributed by atoms with Gasteiger partial charge in [-0.3, -0.25) is 0 Å². The van der Waals surface area contributed by atoms with Gasteiger partial charge in [-0.25, -0.2) is 4.79 Å². The van der Waals surface area contributed by atoms with Gasteiger partial charge >= 0.3 is 6.09 Å². The summed E-state index contributed by atoms with van der Waals surface area (Å²) < 4.78 is 4.42. The molecule has 0 aliphatic heterocycles. The summed E-state index contributed by atoms with van der Waals surface area (Å²) in [5.74, 6) is 0. The van der Waals surface area contributed by atoms with E-state index in [2.05, 4.69) is 15.0 Å². The third-order valence-corrected chi connectivity index (χ3v) is 1.49. The Kier molecular flexibility index (Phi) is 6.47. The van der Waals surface area contributed by atoms with E-state index < -0.39 is 0 Å². The largest absolute Gasteiger partial charge is 0.453 e. The summed E-state index contributed by atoms with van der Waals surface area (Å²) in [5, 5.41) is 2.63. The molecular weight excluding hydrogens is 156 g/mol. The van der Waals surface area contributed by atoms with Crippen molar-refractivity contribution in [1.82, 2.24) is 10.2 Å². The van der Waals surface area contributed by atoms with Crippen LogP contribution in [0.4, 0.5) is 4.79 Å². The molecule has 0 aromatic heterocycles. The molecule has 0 saturated heterocycles. The lowest BCUT2D eigenvalue weighted by atomic mass is 10.3. The SMILES string of the molecule is COC(=O)NCCCCN(C)C. The van der Waals surface area contributed by atoms with Gasteiger partial charge in [0.2, 0.25) is 0 Å². The van der Waals surface area contributed by atoms with Gasteiger partial charge in [0.05, 0.1) is 7.11 Å². The first kappa shape index (κ1) is 11.2. The van der Waals surface area contributed by atoms with Crippen molar-refractivity contribution in [3.8, 4) is 0 Å². The summed E-state index contributed by atoms with van der Waals surface area (Å²) in [7, 11) is 5.44. The standard InChI is InChI=1S/C8H18N2O2/c1-10(2)7-5-4-6-9-8(11)12-3/h4-7H2,1-3H3,(H,9,11). The van der Waals surface area contributed by atoms with Crippen molar-refractivity contribution >= 4 is 6.09 Å². The average molecular weight is 174 g/mol. The molecule has 0 saturated carbocycles. The van der Waals surface area contributed by atoms with Gasteiger partial charge in [0, 0.05) is 6.54 Å². The van der Waals surface area contributed by atoms with E-state index in [1.54, 1.807) is 0 Å². The predicted octanol–water partition coefficient (Wildman–Crippen LogP) is 0.684. The van der Waals surface area contributed by atoms with E-state index in [-0.39, 0.29) is 6.09 Å². The van der Waals surface area contributed by atoms with Crippen LogP contribution in [0.15, 0.2) is 0 Å². The fraction of sp³-hybridized carbons (Fsp3) is 0.875. The number of ether oxygens (including phenoxy) is 1. The second-order valence-electron chi connectivity index (χ2n) is 2.93. The summed E-state index contributed by atoms with van der Waals surface area (Å²) in [6, 6.07) is 0. The van der Waals surface area contributed by atoms with E-state index in [1.165, 1.54) is 7.11 Å². The number of rotatable bonds is 5. The third kappa shape index (κ3) is 7.34. The summed E-state index contributed by atoms with van der Waals surface area (Å²) in [5.41, 5.74) is 0. The molecule has 0 aromatic rings. The maximum absolute atomic E-state index is 10.6. The summed E-state index contributed by atoms with van der Waals surface area (Å²) in [6.45, 7) is 1.75. The molecule has 0 aromatic carbocycles. The van der Waals surface area contributed by atoms with E-state index >= 15 is 0 Å². The minimum atomic E-state index is -0.347. The Hall–Kier alpha value is -0.770. The van der Waals surface area contributed by atoms with E-state index in [1.807, 2.05) is 14.1 Å². The fourth-order valence-corrected chi connectivity index (χ4v) is 0.816. The number of hydrogen-bond acceptors (Lipinski definition) is 3. The van der Waals surface area contributed by atoms with E-state index in [9.17, 15) is 4.79 Å². The molecule has 1 amide bonds. The Morgan fingerprint density at radius 2 is 2.08 bits per heavy atom. The normalized spacial score (nSPS) is 10.0. The monoisotopic (exact) mass is 174 g/mol. The number of unbranched alkanes of at least 4 members (excludes halogenated alkanes) is 1. The van der Waals surface area contributed by atoms with Gasteiger partial charge in [0.15, 0.2) is 0 Å². The number of carbonyl (C=O) groups excluding carboxylic acids is 1. The molecule has 0 fully saturated rings. The van der Waals surface area contributed by atoms with Gasteiger partial charge in [0.1, 0.15) is 0 Å². The molecule has 72 valence electrons. The summed E-state index contributed by atoms with van der Waals surface area (Å²) in [4.78, 5) is 12.7. The minimum absolute atomic E-state index is 0.347. The van der Waals surface area contributed by atoms with Crippen molar-refractivity contribution in [2.24, 2.45) is 0 Å². The van der Waals surface area contributed by atoms with Crippen LogP contribution in [0.2, 0.25) is 0 Å². The van der Waals surface area contributed by atoms with Crippen molar-refractivity contribution < 1.29 is 9.53 Å². The third-order valence-electron chi connectivity index (χ3n) is 1.49. The molecule has 4 heteroatoms. The first-order valence-electron chi connectivity index (χ1n) is 4.13. The van der Waals surface area contributed by atoms with Crippen molar-refractivity contribution in [3.05, 3.63) is 0 Å². The minimum Gasteiger partial charge on any atom is -0.453 e. The van der Waals surface area contributed by atoms with Crippen LogP contribution in [-0.2, 0) is 4.74 Å². The zero-order valence-corrected chi connectivity index (χ0v) is 8.09. The second-order valence-corrected chi connectivity index (χ2v) is 2.93. The van der Waals surface area contributed by atoms with Crippen molar-refractivity contribution in [2.45, 2.75) is 12.8 Å². The van der Waals surface area contributed by atoms with Crippen LogP contribution < -0.4 is 5.32 Å². The zero-order chi connectivity index (χ0) is 9.40. The van der Waals surface area contributed by atoms with Crippen LogP contribution in [0, 0.1) is 0 Å². The van der Waals surface area contributed by atoms with Gasteiger partial charge in [-0.05, 0) is 33.5 Å². The number of amides is 1. The molecule has 12 heavy (non-hydrogen) atoms. The van der Waals surface area contributed by atoms with E-state index in [0.29, 0.717) is 6.54 Å². The predicted molar refractivity (Wildman–Crippen MR) is 48.2 cm³/mol. The van der Waals surface area contributed by atoms with Crippen LogP contribution >= 0.6 is 0 Å². The maximum atomic E-state index is 10.6. The van der Waals surface area contributed by atoms with Crippen molar-refractivity contribution in [1.29, 1.82) is 0 Å². The first-order valence-corrected chi connectivity index (χ1v) is 4.13. The molecule has 4 nitrogen and oxygen atoms in total. The zero-order valence-electron chi connectivity index (χ0n) is 8.09. The number of hydrogen-bond donors (Lipinski definition) is 1. The lowest BCUT2D eigenvalue weighted by Gasteiger charge is -2.08. The summed E-state index contributed by atoms with van der Waals surface area (Å²) >= 11 is 0. The highest BCUT2D eigenvalue weighted by atomic mass is 16.5. The number of nitrogens with zero attached hydrogens (tertiary/aromatic N) is 1. The molecule has 0 spiro atoms. The number of nitrogens with one attached hydrogen (secondary N) is 1. The van der Waals surface area contributed by atoms with Crippen LogP contribution in [0.5, 0.6) is 0 Å². The topological polar surface area (TPSA) is 41.6 Å². The molecule has 0 heterocycles. The fourth-order valence-electron chi connectivity index (χ4n) is 0.816. The Labute approximate surface area is 73.9 Å². The van der Waals surface area contributed by atoms with Crippen LogP contribution in [0.1, 0.15) is 12.8 Å². The lowest BCUT2D eigenvalue weighted by Crippen LogP contribution is -2.24. The van der Waals surface area contributed by atoms with Gasteiger partial charge in [-0.15, -0.1) is 0 Å². The van der Waals surface area contributed by atoms with Crippen molar-refractivity contribution in [2.75, 3.05) is 34.3 Å². The van der Waals surface area contributed by atoms with Crippen LogP contribution in [0.3, 0.4) is 0 Å². The number of methoxy groups -OCH3 is 1. The molecule has 0 rings (SSSR count). The molecule has 1 N–H and O–H groups in total. The van der Waals surface area contributed by atoms with Gasteiger partial charge in [-0.2, -0.15) is 0 Å². The smallest absolute Gasteiger partial charge is 0.406 e.